The summed E-state index contributed by atoms with van der Waals surface area (Å²) in [5.41, 5.74) is 4.01. The molecular weight excluding hydrogens is 444 g/mol. The summed E-state index contributed by atoms with van der Waals surface area (Å²) < 4.78 is 30.4. The average Bonchev–Trinajstić information content (AvgIpc) is 3.46. The Morgan fingerprint density at radius 3 is 2.51 bits per heavy atom. The summed E-state index contributed by atoms with van der Waals surface area (Å²) in [6.07, 6.45) is 9.75. The van der Waals surface area contributed by atoms with Crippen molar-refractivity contribution >= 4 is 22.9 Å². The number of hydrogen-bond donors (Lipinski definition) is 0. The van der Waals surface area contributed by atoms with Gasteiger partial charge in [-0.2, -0.15) is 0 Å². The Hall–Kier alpha value is -2.93. The molecule has 2 aromatic rings. The number of halogens is 2. The molecule has 5 nitrogen and oxygen atoms in total. The van der Waals surface area contributed by atoms with Gasteiger partial charge < -0.3 is 9.80 Å². The summed E-state index contributed by atoms with van der Waals surface area (Å²) in [6, 6.07) is 7.33. The number of allylic oxidation sites excluding steroid dienone is 1. The number of benzene rings is 1. The van der Waals surface area contributed by atoms with Gasteiger partial charge in [-0.15, -0.1) is 0 Å². The highest BCUT2D eigenvalue weighted by Crippen LogP contribution is 2.51. The number of fused-ring (bicyclic) bond motifs is 2. The molecule has 4 heterocycles. The van der Waals surface area contributed by atoms with E-state index in [1.807, 2.05) is 25.3 Å². The molecule has 0 atom stereocenters. The summed E-state index contributed by atoms with van der Waals surface area (Å²) in [5.74, 6) is 0.308. The van der Waals surface area contributed by atoms with Crippen LogP contribution in [0, 0.1) is 5.82 Å². The van der Waals surface area contributed by atoms with Crippen LogP contribution in [0.15, 0.2) is 52.5 Å². The van der Waals surface area contributed by atoms with Crippen LogP contribution in [0.4, 0.5) is 20.3 Å². The van der Waals surface area contributed by atoms with Crippen molar-refractivity contribution in [3.63, 3.8) is 0 Å². The number of nitrogens with zero attached hydrogens (tertiary/aromatic N) is 5. The SMILES string of the molecule is CC1=Nc2c(F)cc(C3=NCN(c4ccc(C5CCN(C)CC5)cn4)C=C3F)cc2C12CCCC2. The van der Waals surface area contributed by atoms with Crippen LogP contribution in [0.5, 0.6) is 0 Å². The van der Waals surface area contributed by atoms with Gasteiger partial charge in [0, 0.05) is 29.1 Å². The molecule has 0 bridgehead atoms. The zero-order valence-electron chi connectivity index (χ0n) is 20.4. The van der Waals surface area contributed by atoms with Gasteiger partial charge in [-0.1, -0.05) is 18.9 Å². The lowest BCUT2D eigenvalue weighted by Gasteiger charge is -2.29. The summed E-state index contributed by atoms with van der Waals surface area (Å²) in [4.78, 5) is 17.7. The van der Waals surface area contributed by atoms with E-state index in [2.05, 4.69) is 33.0 Å². The molecule has 0 unspecified atom stereocenters. The third-order valence-electron chi connectivity index (χ3n) is 8.41. The predicted molar refractivity (Wildman–Crippen MR) is 136 cm³/mol. The number of pyridine rings is 1. The zero-order chi connectivity index (χ0) is 24.2. The number of rotatable bonds is 3. The first-order valence-electron chi connectivity index (χ1n) is 12.7. The summed E-state index contributed by atoms with van der Waals surface area (Å²) >= 11 is 0. The Kier molecular flexibility index (Phi) is 5.55. The lowest BCUT2D eigenvalue weighted by Crippen LogP contribution is -2.29. The molecule has 0 N–H and O–H groups in total. The van der Waals surface area contributed by atoms with Gasteiger partial charge in [-0.25, -0.2) is 13.8 Å². The van der Waals surface area contributed by atoms with Gasteiger partial charge in [0.15, 0.2) is 5.83 Å². The summed E-state index contributed by atoms with van der Waals surface area (Å²) in [6.45, 7) is 4.43. The highest BCUT2D eigenvalue weighted by atomic mass is 19.1. The van der Waals surface area contributed by atoms with Gasteiger partial charge in [0.2, 0.25) is 0 Å². The molecule has 3 aliphatic heterocycles. The maximum absolute atomic E-state index is 15.3. The van der Waals surface area contributed by atoms with E-state index in [1.165, 1.54) is 17.8 Å². The van der Waals surface area contributed by atoms with Crippen molar-refractivity contribution < 1.29 is 8.78 Å². The summed E-state index contributed by atoms with van der Waals surface area (Å²) in [5, 5.41) is 0. The van der Waals surface area contributed by atoms with E-state index in [9.17, 15) is 0 Å². The lowest BCUT2D eigenvalue weighted by atomic mass is 9.76. The molecule has 2 fully saturated rings. The van der Waals surface area contributed by atoms with Crippen LogP contribution >= 0.6 is 0 Å². The molecule has 1 saturated heterocycles. The average molecular weight is 476 g/mol. The normalized spacial score (nSPS) is 22.3. The molecule has 1 aromatic carbocycles. The number of hydrogen-bond acceptors (Lipinski definition) is 5. The molecule has 35 heavy (non-hydrogen) atoms. The molecule has 1 saturated carbocycles. The van der Waals surface area contributed by atoms with E-state index in [4.69, 9.17) is 0 Å². The van der Waals surface area contributed by atoms with Crippen LogP contribution in [0.25, 0.3) is 0 Å². The first-order chi connectivity index (χ1) is 16.9. The fraction of sp³-hybridized carbons (Fsp3) is 0.464. The van der Waals surface area contributed by atoms with Crippen molar-refractivity contribution in [1.82, 2.24) is 9.88 Å². The number of piperidine rings is 1. The van der Waals surface area contributed by atoms with Crippen LogP contribution in [-0.2, 0) is 5.41 Å². The monoisotopic (exact) mass is 475 g/mol. The van der Waals surface area contributed by atoms with E-state index >= 15 is 8.78 Å². The number of aliphatic imine (C=N–C) groups is 2. The van der Waals surface area contributed by atoms with Crippen molar-refractivity contribution in [2.75, 3.05) is 31.7 Å². The minimum absolute atomic E-state index is 0.198. The first-order valence-corrected chi connectivity index (χ1v) is 12.7. The smallest absolute Gasteiger partial charge is 0.165 e. The maximum Gasteiger partial charge on any atom is 0.165 e. The van der Waals surface area contributed by atoms with Crippen molar-refractivity contribution in [3.8, 4) is 0 Å². The quantitative estimate of drug-likeness (QED) is 0.545. The van der Waals surface area contributed by atoms with Crippen LogP contribution in [0.2, 0.25) is 0 Å². The topological polar surface area (TPSA) is 44.1 Å². The van der Waals surface area contributed by atoms with Crippen LogP contribution < -0.4 is 4.90 Å². The Morgan fingerprint density at radius 2 is 1.83 bits per heavy atom. The maximum atomic E-state index is 15.3. The molecule has 4 aliphatic rings. The van der Waals surface area contributed by atoms with E-state index in [-0.39, 0.29) is 17.8 Å². The fourth-order valence-electron chi connectivity index (χ4n) is 6.27. The Bertz CT molecular complexity index is 1230. The number of aromatic nitrogens is 1. The fourth-order valence-corrected chi connectivity index (χ4v) is 6.27. The van der Waals surface area contributed by atoms with Crippen LogP contribution in [0.3, 0.4) is 0 Å². The Balaban J connectivity index is 1.23. The number of likely N-dealkylation sites (tertiary alicyclic amines) is 1. The van der Waals surface area contributed by atoms with E-state index < -0.39 is 11.6 Å². The molecular formula is C28H31F2N5. The molecule has 1 aliphatic carbocycles. The highest BCUT2D eigenvalue weighted by Gasteiger charge is 2.44. The number of anilines is 1. The van der Waals surface area contributed by atoms with E-state index in [0.29, 0.717) is 23.0 Å². The van der Waals surface area contributed by atoms with Gasteiger partial charge in [0.1, 0.15) is 29.7 Å². The molecule has 182 valence electrons. The largest absolute Gasteiger partial charge is 0.310 e. The molecule has 1 aromatic heterocycles. The van der Waals surface area contributed by atoms with E-state index in [0.717, 1.165) is 62.9 Å². The molecule has 7 heteroatoms. The minimum Gasteiger partial charge on any atom is -0.310 e. The molecule has 6 rings (SSSR count). The second-order valence-corrected chi connectivity index (χ2v) is 10.5. The summed E-state index contributed by atoms with van der Waals surface area (Å²) in [7, 11) is 2.16. The Morgan fingerprint density at radius 1 is 1.06 bits per heavy atom. The van der Waals surface area contributed by atoms with Gasteiger partial charge in [-0.05, 0) is 88.0 Å². The first kappa shape index (κ1) is 22.5. The van der Waals surface area contributed by atoms with Gasteiger partial charge in [-0.3, -0.25) is 9.98 Å². The standard InChI is InChI=1S/C28H31F2N5/c1-18-28(9-3-4-10-28)22-13-21(14-23(29)27(22)33-18)26-24(30)16-35(17-32-26)25-6-5-20(15-31-25)19-7-11-34(2)12-8-19/h5-6,13-16,19H,3-4,7-12,17H2,1-2H3. The van der Waals surface area contributed by atoms with Crippen molar-refractivity contribution in [1.29, 1.82) is 0 Å². The zero-order valence-corrected chi connectivity index (χ0v) is 20.4. The van der Waals surface area contributed by atoms with Crippen LogP contribution in [-0.4, -0.2) is 48.1 Å². The van der Waals surface area contributed by atoms with Crippen molar-refractivity contribution in [2.45, 2.75) is 56.8 Å². The third-order valence-corrected chi connectivity index (χ3v) is 8.41. The molecule has 0 radical (unpaired) electrons. The van der Waals surface area contributed by atoms with Gasteiger partial charge in [0.25, 0.3) is 0 Å². The third kappa shape index (κ3) is 3.80. The Labute approximate surface area is 205 Å². The van der Waals surface area contributed by atoms with Crippen molar-refractivity contribution in [3.05, 3.63) is 65.0 Å². The van der Waals surface area contributed by atoms with Gasteiger partial charge >= 0.3 is 0 Å². The predicted octanol–water partition coefficient (Wildman–Crippen LogP) is 6.03. The van der Waals surface area contributed by atoms with Crippen LogP contribution in [0.1, 0.15) is 68.1 Å². The molecule has 1 spiro atoms. The van der Waals surface area contributed by atoms with E-state index in [1.54, 1.807) is 4.90 Å². The lowest BCUT2D eigenvalue weighted by molar-refractivity contribution is 0.255. The second-order valence-electron chi connectivity index (χ2n) is 10.5. The second kappa shape index (κ2) is 8.63. The minimum atomic E-state index is -0.479. The molecule has 0 amide bonds. The van der Waals surface area contributed by atoms with Crippen molar-refractivity contribution in [2.24, 2.45) is 9.98 Å². The highest BCUT2D eigenvalue weighted by molar-refractivity contribution is 6.13. The van der Waals surface area contributed by atoms with Gasteiger partial charge in [0.05, 0.1) is 0 Å².